The van der Waals surface area contributed by atoms with Crippen molar-refractivity contribution in [2.45, 2.75) is 198 Å². The lowest BCUT2D eigenvalue weighted by atomic mass is 10.1. The Morgan fingerprint density at radius 3 is 1.48 bits per heavy atom. The number of halogens is 1. The molecule has 0 saturated heterocycles. The van der Waals surface area contributed by atoms with Gasteiger partial charge in [-0.15, -0.1) is 0 Å². The number of nitrogens with one attached hydrogen (secondary N) is 3. The minimum Gasteiger partial charge on any atom is -0.444 e. The van der Waals surface area contributed by atoms with Crippen molar-refractivity contribution in [3.63, 3.8) is 0 Å². The van der Waals surface area contributed by atoms with Gasteiger partial charge in [0, 0.05) is 17.2 Å². The highest BCUT2D eigenvalue weighted by Gasteiger charge is 2.34. The number of aryl methyl sites for hydroxylation is 2. The molecule has 2 aliphatic rings. The van der Waals surface area contributed by atoms with E-state index in [1.165, 1.54) is 37.1 Å². The standard InChI is InChI=1S/C22H36N2O6S.C15H30N2O4.C7H7ClO2S.CH4/c1-6-19(23-21(26)29-22(3,4)5)20(25)15-24(30-17-9-7-8-10-17)31(27,28)18-13-11-16(2)12-14-18;1-5-12(17-14(19)20-15(2,3)4)13(18)10-16-21-11-8-6-7-9-11;1-6-2-4-7(5-3-6)11(8,9)10;/h11-14,17,19-20,25H,6-10,15H2,1-5H3,(H,23,26);11-13,16,18H,5-10H2,1-4H3,(H,17,19);2-5H,1H3;1H4/t19?,20-;12?,13-;;/m11../s1. The number of ether oxygens (including phenoxy) is 2. The van der Waals surface area contributed by atoms with Gasteiger partial charge >= 0.3 is 12.2 Å². The number of benzene rings is 2. The molecule has 2 aromatic carbocycles. The van der Waals surface area contributed by atoms with Crippen LogP contribution >= 0.6 is 10.7 Å². The van der Waals surface area contributed by atoms with Gasteiger partial charge < -0.3 is 30.3 Å². The van der Waals surface area contributed by atoms with E-state index in [2.05, 4.69) is 16.1 Å². The second kappa shape index (κ2) is 27.5. The molecule has 0 heterocycles. The smallest absolute Gasteiger partial charge is 0.407 e. The van der Waals surface area contributed by atoms with E-state index in [1.54, 1.807) is 72.7 Å². The summed E-state index contributed by atoms with van der Waals surface area (Å²) in [5.74, 6) is 0. The summed E-state index contributed by atoms with van der Waals surface area (Å²) in [7, 11) is -2.46. The number of rotatable bonds is 17. The van der Waals surface area contributed by atoms with E-state index >= 15 is 0 Å². The fourth-order valence-electron chi connectivity index (χ4n) is 6.42. The van der Waals surface area contributed by atoms with Crippen molar-refractivity contribution >= 4 is 41.9 Å². The molecular weight excluding hydrogens is 888 g/mol. The van der Waals surface area contributed by atoms with Crippen LogP contribution in [0.5, 0.6) is 0 Å². The predicted octanol–water partition coefficient (Wildman–Crippen LogP) is 8.20. The summed E-state index contributed by atoms with van der Waals surface area (Å²) in [6.45, 7) is 18.1. The number of hydroxylamine groups is 2. The Morgan fingerprint density at radius 1 is 0.703 bits per heavy atom. The first-order valence-electron chi connectivity index (χ1n) is 21.7. The maximum absolute atomic E-state index is 13.3. The molecule has 2 unspecified atom stereocenters. The van der Waals surface area contributed by atoms with Crippen molar-refractivity contribution in [3.05, 3.63) is 59.7 Å². The number of carbonyl (C=O) groups is 2. The highest BCUT2D eigenvalue weighted by molar-refractivity contribution is 8.13. The molecule has 0 radical (unpaired) electrons. The molecule has 16 nitrogen and oxygen atoms in total. The summed E-state index contributed by atoms with van der Waals surface area (Å²) in [4.78, 5) is 35.4. The molecule has 4 rings (SSSR count). The Labute approximate surface area is 387 Å². The molecular formula is C45H77ClN4O12S2. The third-order valence-corrected chi connectivity index (χ3v) is 12.9. The van der Waals surface area contributed by atoms with E-state index < -0.39 is 60.7 Å². The van der Waals surface area contributed by atoms with E-state index in [0.717, 1.165) is 54.1 Å². The topological polar surface area (TPSA) is 219 Å². The number of nitrogens with zero attached hydrogens (tertiary/aromatic N) is 1. The van der Waals surface area contributed by atoms with Crippen LogP contribution in [-0.2, 0) is 38.2 Å². The van der Waals surface area contributed by atoms with Crippen LogP contribution in [-0.4, -0.2) is 104 Å². The van der Waals surface area contributed by atoms with Crippen LogP contribution in [0.25, 0.3) is 0 Å². The summed E-state index contributed by atoms with van der Waals surface area (Å²) < 4.78 is 59.3. The maximum Gasteiger partial charge on any atom is 0.407 e. The normalized spacial score (nSPS) is 16.8. The summed E-state index contributed by atoms with van der Waals surface area (Å²) in [6, 6.07) is 11.8. The third-order valence-electron chi connectivity index (χ3n) is 9.85. The summed E-state index contributed by atoms with van der Waals surface area (Å²) in [5, 5.41) is 26.2. The number of hydrogen-bond donors (Lipinski definition) is 5. The quantitative estimate of drug-likeness (QED) is 0.0747. The van der Waals surface area contributed by atoms with Gasteiger partial charge in [0.05, 0.1) is 52.8 Å². The van der Waals surface area contributed by atoms with E-state index in [9.17, 15) is 36.6 Å². The summed E-state index contributed by atoms with van der Waals surface area (Å²) in [6.07, 6.45) is 5.98. The minimum absolute atomic E-state index is 0. The van der Waals surface area contributed by atoms with Gasteiger partial charge in [-0.25, -0.2) is 26.4 Å². The van der Waals surface area contributed by atoms with Crippen LogP contribution in [0, 0.1) is 13.8 Å². The summed E-state index contributed by atoms with van der Waals surface area (Å²) in [5.41, 5.74) is 3.54. The van der Waals surface area contributed by atoms with Crippen molar-refractivity contribution in [1.29, 1.82) is 0 Å². The van der Waals surface area contributed by atoms with Crippen molar-refractivity contribution in [2.75, 3.05) is 13.1 Å². The third kappa shape index (κ3) is 22.9. The van der Waals surface area contributed by atoms with Crippen LogP contribution in [0.1, 0.15) is 138 Å². The van der Waals surface area contributed by atoms with E-state index in [-0.39, 0.29) is 48.6 Å². The van der Waals surface area contributed by atoms with Crippen LogP contribution in [0.3, 0.4) is 0 Å². The van der Waals surface area contributed by atoms with Gasteiger partial charge in [-0.2, -0.15) is 5.48 Å². The van der Waals surface area contributed by atoms with Crippen LogP contribution < -0.4 is 16.1 Å². The van der Waals surface area contributed by atoms with E-state index in [1.807, 2.05) is 20.8 Å². The number of sulfonamides is 1. The van der Waals surface area contributed by atoms with Crippen molar-refractivity contribution < 1.29 is 55.8 Å². The van der Waals surface area contributed by atoms with Gasteiger partial charge in [0.1, 0.15) is 11.2 Å². The molecule has 0 aromatic heterocycles. The lowest BCUT2D eigenvalue weighted by Crippen LogP contribution is -2.50. The maximum atomic E-state index is 13.3. The molecule has 2 fully saturated rings. The SMILES string of the molecule is C.CCC(NC(=O)OC(C)(C)C)[C@H](O)CN(OC1CCCC1)S(=O)(=O)c1ccc(C)cc1.CCC(NC(=O)OC(C)(C)C)[C@H](O)CNOC1CCCC1.Cc1ccc(S(=O)(=O)Cl)cc1. The van der Waals surface area contributed by atoms with Crippen LogP contribution in [0.2, 0.25) is 0 Å². The lowest BCUT2D eigenvalue weighted by Gasteiger charge is -2.30. The van der Waals surface area contributed by atoms with Crippen molar-refractivity contribution in [3.8, 4) is 0 Å². The highest BCUT2D eigenvalue weighted by atomic mass is 35.7. The molecule has 0 spiro atoms. The first kappa shape index (κ1) is 58.9. The highest BCUT2D eigenvalue weighted by Crippen LogP contribution is 2.26. The van der Waals surface area contributed by atoms with E-state index in [0.29, 0.717) is 12.8 Å². The number of hydrogen-bond acceptors (Lipinski definition) is 13. The van der Waals surface area contributed by atoms with E-state index in [4.69, 9.17) is 29.8 Å². The Bertz CT molecular complexity index is 1880. The zero-order valence-electron chi connectivity index (χ0n) is 38.7. The molecule has 2 aromatic rings. The molecule has 2 amide bonds. The number of aliphatic hydroxyl groups is 2. The van der Waals surface area contributed by atoms with Crippen LogP contribution in [0.15, 0.2) is 58.3 Å². The monoisotopic (exact) mass is 964 g/mol. The molecule has 5 N–H and O–H groups in total. The average Bonchev–Trinajstić information content (AvgIpc) is 3.90. The predicted molar refractivity (Wildman–Crippen MR) is 250 cm³/mol. The fourth-order valence-corrected chi connectivity index (χ4v) is 8.49. The first-order chi connectivity index (χ1) is 29.2. The van der Waals surface area contributed by atoms with Gasteiger partial charge in [-0.1, -0.05) is 86.8 Å². The number of aliphatic hydroxyl groups excluding tert-OH is 2. The van der Waals surface area contributed by atoms with Crippen LogP contribution in [0.4, 0.5) is 9.59 Å². The largest absolute Gasteiger partial charge is 0.444 e. The molecule has 0 aliphatic heterocycles. The number of amides is 2. The number of alkyl carbamates (subject to hydrolysis) is 2. The number of carbonyl (C=O) groups excluding carboxylic acids is 2. The Morgan fingerprint density at radius 2 is 1.09 bits per heavy atom. The zero-order valence-corrected chi connectivity index (χ0v) is 41.1. The first-order valence-corrected chi connectivity index (χ1v) is 25.5. The Kier molecular flexibility index (Phi) is 25.4. The second-order valence-corrected chi connectivity index (χ2v) is 22.3. The Hall–Kier alpha value is -3.07. The molecule has 0 bridgehead atoms. The Balaban J connectivity index is 0.000000533. The molecule has 2 saturated carbocycles. The fraction of sp³-hybridized carbons (Fsp3) is 0.689. The average molecular weight is 966 g/mol. The molecule has 4 atom stereocenters. The van der Waals surface area contributed by atoms with Gasteiger partial charge in [0.2, 0.25) is 0 Å². The van der Waals surface area contributed by atoms with Gasteiger partial charge in [-0.05, 0) is 118 Å². The molecule has 19 heteroatoms. The summed E-state index contributed by atoms with van der Waals surface area (Å²) >= 11 is 0. The molecule has 368 valence electrons. The lowest BCUT2D eigenvalue weighted by molar-refractivity contribution is -0.145. The zero-order chi connectivity index (χ0) is 47.6. The van der Waals surface area contributed by atoms with Gasteiger partial charge in [0.25, 0.3) is 19.1 Å². The molecule has 64 heavy (non-hydrogen) atoms. The molecule has 2 aliphatic carbocycles. The van der Waals surface area contributed by atoms with Gasteiger partial charge in [0.15, 0.2) is 0 Å². The second-order valence-electron chi connectivity index (χ2n) is 17.9. The van der Waals surface area contributed by atoms with Gasteiger partial charge in [-0.3, -0.25) is 9.68 Å². The van der Waals surface area contributed by atoms with Crippen molar-refractivity contribution in [1.82, 2.24) is 20.6 Å². The minimum atomic E-state index is -3.99. The van der Waals surface area contributed by atoms with Crippen molar-refractivity contribution in [2.24, 2.45) is 0 Å².